The summed E-state index contributed by atoms with van der Waals surface area (Å²) in [6.07, 6.45) is -26.4. The van der Waals surface area contributed by atoms with Gasteiger partial charge in [-0.05, 0) is 42.0 Å². The molecule has 392 valence electrons. The van der Waals surface area contributed by atoms with Crippen molar-refractivity contribution >= 4 is 30.1 Å². The molecule has 3 aromatic carbocycles. The number of carboxylic acid groups (broad SMARTS) is 1. The number of aliphatic hydroxyl groups excluding tert-OH is 10. The fraction of sp³-hybridized carbons (Fsp3) is 0.444. The summed E-state index contributed by atoms with van der Waals surface area (Å²) in [5, 5.41) is 156. The van der Waals surface area contributed by atoms with E-state index in [9.17, 15) is 85.9 Å². The van der Waals surface area contributed by atoms with E-state index in [2.05, 4.69) is 4.74 Å². The molecule has 0 amide bonds. The minimum Gasteiger partial charge on any atom is -0.571 e. The highest BCUT2D eigenvalue weighted by Crippen LogP contribution is 2.47. The number of carbonyl (C=O) groups excluding carboxylic acids is 2. The van der Waals surface area contributed by atoms with E-state index >= 15 is 0 Å². The summed E-state index contributed by atoms with van der Waals surface area (Å²) in [6.45, 7) is -2.32. The smallest absolute Gasteiger partial charge is 0.330 e. The lowest BCUT2D eigenvalue weighted by Gasteiger charge is -2.41. The molecule has 0 bridgehead atoms. The zero-order valence-electron chi connectivity index (χ0n) is 37.1. The van der Waals surface area contributed by atoms with Gasteiger partial charge in [0.15, 0.2) is 28.8 Å². The van der Waals surface area contributed by atoms with Crippen LogP contribution in [0.5, 0.6) is 40.2 Å². The number of carbonyl (C=O) groups is 3. The maximum atomic E-state index is 12.5. The molecule has 0 radical (unpaired) electrons. The number of benzene rings is 3. The normalized spacial score (nSPS) is 32.4. The van der Waals surface area contributed by atoms with Crippen LogP contribution < -0.4 is 9.47 Å². The average Bonchev–Trinajstić information content (AvgIpc) is 3.34. The molecule has 1 unspecified atom stereocenters. The van der Waals surface area contributed by atoms with Crippen molar-refractivity contribution in [3.8, 4) is 40.2 Å². The van der Waals surface area contributed by atoms with Gasteiger partial charge >= 0.3 is 17.9 Å². The van der Waals surface area contributed by atoms with Crippen LogP contribution in [0.1, 0.15) is 29.2 Å². The Hall–Kier alpha value is -6.57. The molecule has 0 saturated carbocycles. The van der Waals surface area contributed by atoms with Crippen molar-refractivity contribution in [2.24, 2.45) is 0 Å². The Bertz CT molecular complexity index is 2500. The molecule has 4 aliphatic heterocycles. The monoisotopic (exact) mass is 1020 g/mol. The Morgan fingerprint density at radius 1 is 0.597 bits per heavy atom. The summed E-state index contributed by atoms with van der Waals surface area (Å²) in [7, 11) is 0. The number of carboxylic acids is 1. The number of esters is 2. The van der Waals surface area contributed by atoms with Gasteiger partial charge in [0.25, 0.3) is 11.9 Å². The number of aliphatic carboxylic acids is 1. The lowest BCUT2D eigenvalue weighted by molar-refractivity contribution is -0.296. The first-order valence-electron chi connectivity index (χ1n) is 21.7. The van der Waals surface area contributed by atoms with Crippen molar-refractivity contribution < 1.29 is 134 Å². The van der Waals surface area contributed by atoms with E-state index < -0.39 is 171 Å². The van der Waals surface area contributed by atoms with E-state index in [1.165, 1.54) is 42.5 Å². The topological polar surface area (TPSA) is 441 Å². The molecule has 7 rings (SSSR count). The van der Waals surface area contributed by atoms with E-state index in [-0.39, 0.29) is 28.4 Å². The number of phenolic OH excluding ortho intramolecular Hbond substituents is 4. The van der Waals surface area contributed by atoms with Crippen LogP contribution in [0.4, 0.5) is 0 Å². The van der Waals surface area contributed by atoms with Gasteiger partial charge in [-0.3, -0.25) is 9.59 Å². The predicted molar refractivity (Wildman–Crippen MR) is 231 cm³/mol. The van der Waals surface area contributed by atoms with Gasteiger partial charge in [-0.2, -0.15) is 0 Å². The number of fused-ring (bicyclic) bond motifs is 1. The largest absolute Gasteiger partial charge is 0.571 e. The van der Waals surface area contributed by atoms with Gasteiger partial charge in [-0.15, -0.1) is 0 Å². The van der Waals surface area contributed by atoms with Gasteiger partial charge in [-0.25, -0.2) is 4.79 Å². The average molecular weight is 1020 g/mol. The van der Waals surface area contributed by atoms with E-state index in [0.717, 1.165) is 24.3 Å². The van der Waals surface area contributed by atoms with E-state index in [0.29, 0.717) is 5.56 Å². The highest BCUT2D eigenvalue weighted by molar-refractivity contribution is 5.90. The van der Waals surface area contributed by atoms with Crippen molar-refractivity contribution in [3.05, 3.63) is 77.1 Å². The maximum absolute atomic E-state index is 12.5. The first kappa shape index (κ1) is 53.2. The Kier molecular flexibility index (Phi) is 16.6. The van der Waals surface area contributed by atoms with Crippen molar-refractivity contribution in [1.82, 2.24) is 0 Å². The first-order chi connectivity index (χ1) is 34.1. The summed E-state index contributed by atoms with van der Waals surface area (Å²) in [6, 6.07) is 9.49. The third kappa shape index (κ3) is 11.9. The number of hydrogen-bond acceptors (Lipinski definition) is 25. The molecule has 72 heavy (non-hydrogen) atoms. The molecular weight excluding hydrogens is 972 g/mol. The summed E-state index contributed by atoms with van der Waals surface area (Å²) in [5.74, 6) is -6.86. The second-order valence-electron chi connectivity index (χ2n) is 16.7. The Morgan fingerprint density at radius 2 is 1.17 bits per heavy atom. The molecule has 27 heteroatoms. The Morgan fingerprint density at radius 3 is 1.78 bits per heavy atom. The van der Waals surface area contributed by atoms with Crippen molar-refractivity contribution in [1.29, 1.82) is 0 Å². The van der Waals surface area contributed by atoms with E-state index in [1.807, 2.05) is 0 Å². The molecule has 3 saturated heterocycles. The zero-order valence-corrected chi connectivity index (χ0v) is 37.1. The van der Waals surface area contributed by atoms with Gasteiger partial charge in [-0.1, -0.05) is 6.07 Å². The quantitative estimate of drug-likeness (QED) is 0.0216. The third-order valence-electron chi connectivity index (χ3n) is 11.7. The number of hydrogen-bond donors (Lipinski definition) is 15. The molecule has 0 aliphatic carbocycles. The van der Waals surface area contributed by atoms with E-state index in [4.69, 9.17) is 43.0 Å². The maximum Gasteiger partial charge on any atom is 0.330 e. The fourth-order valence-electron chi connectivity index (χ4n) is 7.71. The lowest BCUT2D eigenvalue weighted by atomic mass is 9.98. The highest BCUT2D eigenvalue weighted by Gasteiger charge is 2.49. The minimum absolute atomic E-state index is 0.0386. The predicted octanol–water partition coefficient (Wildman–Crippen LogP) is -3.69. The molecule has 3 aromatic rings. The van der Waals surface area contributed by atoms with Crippen LogP contribution in [0.3, 0.4) is 0 Å². The molecule has 16 N–H and O–H groups in total. The van der Waals surface area contributed by atoms with Crippen molar-refractivity contribution in [2.45, 2.75) is 105 Å². The van der Waals surface area contributed by atoms with Crippen LogP contribution in [0.25, 0.3) is 12.2 Å². The molecule has 0 spiro atoms. The Labute approximate surface area is 404 Å². The van der Waals surface area contributed by atoms with Crippen LogP contribution in [0, 0.1) is 0 Å². The number of phenols is 4. The summed E-state index contributed by atoms with van der Waals surface area (Å²) in [4.78, 5) is 35.5. The fourth-order valence-corrected chi connectivity index (χ4v) is 7.71. The summed E-state index contributed by atoms with van der Waals surface area (Å²) < 4.78 is 49.0. The van der Waals surface area contributed by atoms with Crippen LogP contribution in [0.15, 0.2) is 60.4 Å². The second-order valence-corrected chi connectivity index (χ2v) is 16.7. The number of aromatic hydroxyl groups is 5. The Balaban J connectivity index is 1.15. The molecule has 27 nitrogen and oxygen atoms in total. The van der Waals surface area contributed by atoms with Gasteiger partial charge < -0.3 is 119 Å². The zero-order chi connectivity index (χ0) is 52.3. The van der Waals surface area contributed by atoms with Crippen LogP contribution in [-0.2, 0) is 42.8 Å². The standard InChI is InChI=1S/C45H50O27/c46-13-27-33(55)36(58)40(62)44(70-27)68-25-8-17(3-5-21(25)48)42-26(69-45-41(63)38(60)35(57)29(72-45)15-65-32(54)12-30(51)52)11-19-22(49)9-18(10-24(19)67-42)66-43-39(61)37(59)34(56)28(71-43)14-64-31(53)6-2-16-1-4-20(47)23(50)7-16/h1-11,27-29,33-50,55-63H,12-15H2,(H,51,52)/p+1/b6-2+/t27-,28+,29-,33+,34+,35+,36-,37-,38-,39-,40-,41+,42?,43+,44+,45+/m0/s1. The van der Waals surface area contributed by atoms with Gasteiger partial charge in [0.05, 0.1) is 18.2 Å². The number of aliphatic hydroxyl groups is 11. The third-order valence-corrected chi connectivity index (χ3v) is 11.7. The number of ether oxygens (including phenoxy) is 9. The molecule has 4 heterocycles. The highest BCUT2D eigenvalue weighted by atomic mass is 16.7. The van der Waals surface area contributed by atoms with Crippen LogP contribution >= 0.6 is 0 Å². The second kappa shape index (κ2) is 22.5. The summed E-state index contributed by atoms with van der Waals surface area (Å²) in [5.41, 5.74) is 0.236. The van der Waals surface area contributed by atoms with Crippen molar-refractivity contribution in [2.75, 3.05) is 19.8 Å². The molecule has 3 fully saturated rings. The number of rotatable bonds is 16. The van der Waals surface area contributed by atoms with Crippen LogP contribution in [-0.4, -0.2) is 211 Å². The molecular formula is C45H51O27+. The molecule has 0 aromatic heterocycles. The van der Waals surface area contributed by atoms with Gasteiger partial charge in [0.1, 0.15) is 110 Å². The first-order valence-corrected chi connectivity index (χ1v) is 21.7. The lowest BCUT2D eigenvalue weighted by Crippen LogP contribution is -2.60. The molecule has 4 aliphatic rings. The van der Waals surface area contributed by atoms with E-state index in [1.54, 1.807) is 0 Å². The van der Waals surface area contributed by atoms with Crippen molar-refractivity contribution in [3.63, 3.8) is 0 Å². The minimum atomic E-state index is -2.04. The van der Waals surface area contributed by atoms with Crippen LogP contribution in [0.2, 0.25) is 0 Å². The molecule has 16 atom stereocenters. The van der Waals surface area contributed by atoms with Gasteiger partial charge in [0, 0.05) is 18.2 Å². The SMILES string of the molecule is O=C(O)CC(=O)OC[C@@H]1O[C@@H](OC2=Cc3c(O)cc(O[C@@H]4O[C@H](COC(=O)/C=C/c5ccc(O)c(O)c5)[C@@H](O)[C@H](O)[C@@H]4O)cc3[OH+]C2c2ccc(O)c(O[C@@H]3O[C@@H](CO)[C@@H](O)[C@H](O)[C@@H]3O)c2)[C@H](O)[C@@H](O)[C@@H]1O. The van der Waals surface area contributed by atoms with Gasteiger partial charge in [0.2, 0.25) is 18.9 Å². The summed E-state index contributed by atoms with van der Waals surface area (Å²) >= 11 is 0.